The molecule has 0 radical (unpaired) electrons. The molecule has 0 amide bonds. The van der Waals surface area contributed by atoms with Gasteiger partial charge in [0.25, 0.3) is 0 Å². The van der Waals surface area contributed by atoms with Crippen molar-refractivity contribution in [2.75, 3.05) is 6.54 Å². The summed E-state index contributed by atoms with van der Waals surface area (Å²) in [7, 11) is 0. The van der Waals surface area contributed by atoms with Crippen LogP contribution in [0.15, 0.2) is 0 Å². The van der Waals surface area contributed by atoms with Crippen LogP contribution >= 0.6 is 0 Å². The predicted octanol–water partition coefficient (Wildman–Crippen LogP) is 2.09. The van der Waals surface area contributed by atoms with E-state index in [1.54, 1.807) is 0 Å². The minimum absolute atomic E-state index is 0.483. The molecule has 1 saturated carbocycles. The number of aryl methyl sites for hydroxylation is 2. The molecule has 1 aliphatic rings. The fourth-order valence-electron chi connectivity index (χ4n) is 2.85. The van der Waals surface area contributed by atoms with Gasteiger partial charge in [-0.1, -0.05) is 26.7 Å². The zero-order valence-electron chi connectivity index (χ0n) is 11.0. The second kappa shape index (κ2) is 5.63. The summed E-state index contributed by atoms with van der Waals surface area (Å²) < 4.78 is 2.18. The van der Waals surface area contributed by atoms with E-state index in [-0.39, 0.29) is 0 Å². The van der Waals surface area contributed by atoms with E-state index < -0.39 is 0 Å². The molecule has 2 rings (SSSR count). The lowest BCUT2D eigenvalue weighted by atomic mass is 9.84. The molecule has 1 heterocycles. The molecule has 4 heteroatoms. The molecule has 2 N–H and O–H groups in total. The third-order valence-corrected chi connectivity index (χ3v) is 3.86. The fourth-order valence-corrected chi connectivity index (χ4v) is 2.85. The predicted molar refractivity (Wildman–Crippen MR) is 68.8 cm³/mol. The van der Waals surface area contributed by atoms with Crippen molar-refractivity contribution in [2.24, 2.45) is 11.7 Å². The van der Waals surface area contributed by atoms with Crippen LogP contribution in [0.25, 0.3) is 0 Å². The number of nitrogens with two attached hydrogens (primary N) is 1. The van der Waals surface area contributed by atoms with Crippen molar-refractivity contribution in [3.63, 3.8) is 0 Å². The van der Waals surface area contributed by atoms with Gasteiger partial charge in [-0.25, -0.2) is 9.67 Å². The molecular formula is C13H24N4. The van der Waals surface area contributed by atoms with Crippen molar-refractivity contribution >= 4 is 0 Å². The van der Waals surface area contributed by atoms with Crippen LogP contribution in [0.1, 0.15) is 57.2 Å². The van der Waals surface area contributed by atoms with E-state index in [0.717, 1.165) is 31.0 Å². The topological polar surface area (TPSA) is 56.7 Å². The van der Waals surface area contributed by atoms with Gasteiger partial charge in [0.15, 0.2) is 5.82 Å². The molecular weight excluding hydrogens is 212 g/mol. The van der Waals surface area contributed by atoms with E-state index in [9.17, 15) is 0 Å². The van der Waals surface area contributed by atoms with Gasteiger partial charge in [0.2, 0.25) is 0 Å². The van der Waals surface area contributed by atoms with Crippen molar-refractivity contribution < 1.29 is 0 Å². The summed E-state index contributed by atoms with van der Waals surface area (Å²) in [5.74, 6) is 2.69. The Morgan fingerprint density at radius 3 is 2.65 bits per heavy atom. The normalized spacial score (nSPS) is 25.1. The largest absolute Gasteiger partial charge is 0.330 e. The summed E-state index contributed by atoms with van der Waals surface area (Å²) in [6.07, 6.45) is 6.94. The zero-order chi connectivity index (χ0) is 12.3. The Hall–Kier alpha value is -0.900. The molecule has 0 aliphatic heterocycles. The first-order valence-corrected chi connectivity index (χ1v) is 6.94. The zero-order valence-corrected chi connectivity index (χ0v) is 11.0. The Balaban J connectivity index is 2.26. The number of hydrogen-bond acceptors (Lipinski definition) is 3. The van der Waals surface area contributed by atoms with Crippen LogP contribution in [-0.2, 0) is 12.8 Å². The maximum Gasteiger partial charge on any atom is 0.150 e. The Kier molecular flexibility index (Phi) is 4.15. The monoisotopic (exact) mass is 236 g/mol. The Morgan fingerprint density at radius 2 is 2.00 bits per heavy atom. The highest BCUT2D eigenvalue weighted by Crippen LogP contribution is 2.33. The number of nitrogens with zero attached hydrogens (tertiary/aromatic N) is 3. The van der Waals surface area contributed by atoms with Gasteiger partial charge in [0.1, 0.15) is 5.82 Å². The Bertz CT molecular complexity index is 358. The molecule has 1 fully saturated rings. The van der Waals surface area contributed by atoms with Gasteiger partial charge in [0.05, 0.1) is 6.04 Å². The van der Waals surface area contributed by atoms with Crippen molar-refractivity contribution in [3.8, 4) is 0 Å². The maximum absolute atomic E-state index is 5.90. The van der Waals surface area contributed by atoms with Gasteiger partial charge in [0, 0.05) is 12.8 Å². The molecule has 4 nitrogen and oxygen atoms in total. The van der Waals surface area contributed by atoms with Crippen LogP contribution < -0.4 is 5.73 Å². The number of rotatable bonds is 4. The quantitative estimate of drug-likeness (QED) is 0.871. The highest BCUT2D eigenvalue weighted by Gasteiger charge is 2.28. The molecule has 2 unspecified atom stereocenters. The summed E-state index contributed by atoms with van der Waals surface area (Å²) in [5.41, 5.74) is 5.90. The third-order valence-electron chi connectivity index (χ3n) is 3.86. The van der Waals surface area contributed by atoms with Crippen LogP contribution in [0, 0.1) is 5.92 Å². The maximum atomic E-state index is 5.90. The summed E-state index contributed by atoms with van der Waals surface area (Å²) >= 11 is 0. The van der Waals surface area contributed by atoms with Crippen LogP contribution in [-0.4, -0.2) is 21.3 Å². The standard InChI is InChI=1S/C13H24N4/c1-3-12-15-13(4-2)17(16-12)11-8-6-5-7-10(11)9-14/h10-11H,3-9,14H2,1-2H3. The van der Waals surface area contributed by atoms with E-state index in [4.69, 9.17) is 5.73 Å². The van der Waals surface area contributed by atoms with Gasteiger partial charge < -0.3 is 5.73 Å². The van der Waals surface area contributed by atoms with Crippen molar-refractivity contribution in [2.45, 2.75) is 58.4 Å². The lowest BCUT2D eigenvalue weighted by Gasteiger charge is -2.31. The van der Waals surface area contributed by atoms with Crippen LogP contribution in [0.2, 0.25) is 0 Å². The summed E-state index contributed by atoms with van der Waals surface area (Å²) in [6.45, 7) is 5.04. The average Bonchev–Trinajstić information content (AvgIpc) is 2.81. The highest BCUT2D eigenvalue weighted by atomic mass is 15.4. The number of aromatic nitrogens is 3. The molecule has 0 saturated heterocycles. The van der Waals surface area contributed by atoms with Crippen molar-refractivity contribution in [3.05, 3.63) is 11.6 Å². The summed E-state index contributed by atoms with van der Waals surface area (Å²) in [5, 5.41) is 4.67. The van der Waals surface area contributed by atoms with Gasteiger partial charge >= 0.3 is 0 Å². The van der Waals surface area contributed by atoms with E-state index in [1.165, 1.54) is 25.7 Å². The molecule has 1 aliphatic carbocycles. The first kappa shape index (κ1) is 12.6. The van der Waals surface area contributed by atoms with Gasteiger partial charge in [-0.05, 0) is 25.3 Å². The van der Waals surface area contributed by atoms with Crippen molar-refractivity contribution in [1.29, 1.82) is 0 Å². The number of hydrogen-bond donors (Lipinski definition) is 1. The van der Waals surface area contributed by atoms with E-state index in [1.807, 2.05) is 0 Å². The van der Waals surface area contributed by atoms with Crippen LogP contribution in [0.5, 0.6) is 0 Å². The molecule has 2 atom stereocenters. The second-order valence-corrected chi connectivity index (χ2v) is 4.94. The SMILES string of the molecule is CCc1nc(CC)n(C2CCCCC2CN)n1. The van der Waals surface area contributed by atoms with E-state index >= 15 is 0 Å². The second-order valence-electron chi connectivity index (χ2n) is 4.94. The molecule has 0 bridgehead atoms. The molecule has 1 aromatic rings. The minimum atomic E-state index is 0.483. The lowest BCUT2D eigenvalue weighted by Crippen LogP contribution is -2.30. The first-order chi connectivity index (χ1) is 8.30. The van der Waals surface area contributed by atoms with Gasteiger partial charge in [-0.3, -0.25) is 0 Å². The Labute approximate surface area is 104 Å². The van der Waals surface area contributed by atoms with Crippen molar-refractivity contribution in [1.82, 2.24) is 14.8 Å². The molecule has 0 aromatic carbocycles. The molecule has 1 aromatic heterocycles. The van der Waals surface area contributed by atoms with Gasteiger partial charge in [-0.2, -0.15) is 5.10 Å². The molecule has 17 heavy (non-hydrogen) atoms. The van der Waals surface area contributed by atoms with E-state index in [0.29, 0.717) is 12.0 Å². The minimum Gasteiger partial charge on any atom is -0.330 e. The molecule has 96 valence electrons. The van der Waals surface area contributed by atoms with Crippen LogP contribution in [0.4, 0.5) is 0 Å². The first-order valence-electron chi connectivity index (χ1n) is 6.94. The Morgan fingerprint density at radius 1 is 1.24 bits per heavy atom. The lowest BCUT2D eigenvalue weighted by molar-refractivity contribution is 0.223. The van der Waals surface area contributed by atoms with E-state index in [2.05, 4.69) is 28.6 Å². The smallest absolute Gasteiger partial charge is 0.150 e. The average molecular weight is 236 g/mol. The van der Waals surface area contributed by atoms with Gasteiger partial charge in [-0.15, -0.1) is 0 Å². The van der Waals surface area contributed by atoms with Crippen LogP contribution in [0.3, 0.4) is 0 Å². The highest BCUT2D eigenvalue weighted by molar-refractivity contribution is 4.96. The fraction of sp³-hybridized carbons (Fsp3) is 0.846. The summed E-state index contributed by atoms with van der Waals surface area (Å²) in [6, 6.07) is 0.483. The summed E-state index contributed by atoms with van der Waals surface area (Å²) in [4.78, 5) is 4.60. The molecule has 0 spiro atoms. The third kappa shape index (κ3) is 2.51.